The number of rotatable bonds is 4. The maximum atomic E-state index is 12.9. The minimum Gasteiger partial charge on any atom is -0.334 e. The van der Waals surface area contributed by atoms with E-state index < -0.39 is 0 Å². The van der Waals surface area contributed by atoms with Gasteiger partial charge in [-0.1, -0.05) is 30.3 Å². The third kappa shape index (κ3) is 3.19. The number of thiazole rings is 1. The first kappa shape index (κ1) is 16.3. The summed E-state index contributed by atoms with van der Waals surface area (Å²) in [7, 11) is 1.82. The van der Waals surface area contributed by atoms with Crippen molar-refractivity contribution in [3.8, 4) is 10.8 Å². The Morgan fingerprint density at radius 3 is 2.46 bits per heavy atom. The fraction of sp³-hybridized carbons (Fsp3) is 0.222. The molecule has 24 heavy (non-hydrogen) atoms. The second-order valence-electron chi connectivity index (χ2n) is 5.51. The van der Waals surface area contributed by atoms with Crippen molar-refractivity contribution in [2.45, 2.75) is 19.9 Å². The van der Waals surface area contributed by atoms with Crippen molar-refractivity contribution < 1.29 is 4.79 Å². The van der Waals surface area contributed by atoms with Crippen LogP contribution in [0.15, 0.2) is 48.8 Å². The minimum absolute atomic E-state index is 0.0170. The Bertz CT molecular complexity index is 833. The number of hydrogen-bond acceptors (Lipinski definition) is 5. The van der Waals surface area contributed by atoms with Crippen molar-refractivity contribution in [2.75, 3.05) is 7.05 Å². The van der Waals surface area contributed by atoms with Crippen LogP contribution in [0.2, 0.25) is 0 Å². The van der Waals surface area contributed by atoms with Gasteiger partial charge in [0.25, 0.3) is 5.91 Å². The zero-order chi connectivity index (χ0) is 17.1. The van der Waals surface area contributed by atoms with Crippen molar-refractivity contribution in [1.82, 2.24) is 19.9 Å². The highest BCUT2D eigenvalue weighted by atomic mass is 32.1. The molecule has 1 atom stereocenters. The molecule has 2 heterocycles. The van der Waals surface area contributed by atoms with Crippen LogP contribution >= 0.6 is 11.3 Å². The summed E-state index contributed by atoms with van der Waals surface area (Å²) in [6.45, 7) is 3.86. The van der Waals surface area contributed by atoms with Gasteiger partial charge in [0.2, 0.25) is 0 Å². The molecular formula is C18H18N4OS. The van der Waals surface area contributed by atoms with Crippen LogP contribution in [-0.2, 0) is 0 Å². The van der Waals surface area contributed by atoms with E-state index in [0.717, 1.165) is 5.56 Å². The number of aromatic nitrogens is 3. The van der Waals surface area contributed by atoms with Gasteiger partial charge in [0.1, 0.15) is 4.88 Å². The van der Waals surface area contributed by atoms with E-state index in [9.17, 15) is 4.79 Å². The molecule has 3 aromatic rings. The van der Waals surface area contributed by atoms with Crippen molar-refractivity contribution >= 4 is 17.2 Å². The third-order valence-corrected chi connectivity index (χ3v) is 5.07. The first-order valence-corrected chi connectivity index (χ1v) is 8.46. The molecule has 0 saturated heterocycles. The lowest BCUT2D eigenvalue weighted by molar-refractivity contribution is 0.0746. The predicted octanol–water partition coefficient (Wildman–Crippen LogP) is 3.74. The Kier molecular flexibility index (Phi) is 4.66. The van der Waals surface area contributed by atoms with Crippen LogP contribution in [-0.4, -0.2) is 32.8 Å². The molecule has 122 valence electrons. The molecule has 1 unspecified atom stereocenters. The summed E-state index contributed by atoms with van der Waals surface area (Å²) < 4.78 is 0. The molecule has 0 N–H and O–H groups in total. The van der Waals surface area contributed by atoms with Crippen LogP contribution in [0, 0.1) is 6.92 Å². The van der Waals surface area contributed by atoms with Gasteiger partial charge in [-0.15, -0.1) is 11.3 Å². The highest BCUT2D eigenvalue weighted by molar-refractivity contribution is 7.17. The summed E-state index contributed by atoms with van der Waals surface area (Å²) >= 11 is 1.33. The summed E-state index contributed by atoms with van der Waals surface area (Å²) in [5, 5.41) is 0.664. The fourth-order valence-corrected chi connectivity index (χ4v) is 3.39. The number of aryl methyl sites for hydroxylation is 1. The number of benzene rings is 1. The van der Waals surface area contributed by atoms with Gasteiger partial charge >= 0.3 is 0 Å². The number of hydrogen-bond donors (Lipinski definition) is 0. The lowest BCUT2D eigenvalue weighted by atomic mass is 10.1. The summed E-state index contributed by atoms with van der Waals surface area (Å²) in [6.07, 6.45) is 3.34. The first-order chi connectivity index (χ1) is 11.6. The van der Waals surface area contributed by atoms with E-state index in [1.807, 2.05) is 51.2 Å². The van der Waals surface area contributed by atoms with Crippen molar-refractivity contribution in [3.05, 3.63) is 64.9 Å². The maximum absolute atomic E-state index is 12.9. The van der Waals surface area contributed by atoms with Gasteiger partial charge in [0.05, 0.1) is 11.7 Å². The van der Waals surface area contributed by atoms with Crippen LogP contribution < -0.4 is 0 Å². The molecule has 0 aliphatic rings. The van der Waals surface area contributed by atoms with Crippen molar-refractivity contribution in [1.29, 1.82) is 0 Å². The minimum atomic E-state index is -0.0384. The van der Waals surface area contributed by atoms with Gasteiger partial charge in [0, 0.05) is 19.4 Å². The van der Waals surface area contributed by atoms with E-state index in [2.05, 4.69) is 15.0 Å². The summed E-state index contributed by atoms with van der Waals surface area (Å²) in [5.41, 5.74) is 1.81. The van der Waals surface area contributed by atoms with Crippen LogP contribution in [0.25, 0.3) is 10.8 Å². The maximum Gasteiger partial charge on any atom is 0.266 e. The van der Waals surface area contributed by atoms with Gasteiger partial charge in [-0.05, 0) is 25.5 Å². The quantitative estimate of drug-likeness (QED) is 0.727. The Morgan fingerprint density at radius 2 is 1.79 bits per heavy atom. The average Bonchev–Trinajstić information content (AvgIpc) is 3.03. The monoisotopic (exact) mass is 338 g/mol. The Labute approximate surface area is 145 Å². The lowest BCUT2D eigenvalue weighted by Gasteiger charge is -2.25. The first-order valence-electron chi connectivity index (χ1n) is 7.65. The van der Waals surface area contributed by atoms with E-state index in [0.29, 0.717) is 21.4 Å². The van der Waals surface area contributed by atoms with E-state index in [1.165, 1.54) is 11.3 Å². The van der Waals surface area contributed by atoms with Gasteiger partial charge in [0.15, 0.2) is 10.8 Å². The molecule has 0 aliphatic carbocycles. The van der Waals surface area contributed by atoms with Crippen molar-refractivity contribution in [2.24, 2.45) is 0 Å². The van der Waals surface area contributed by atoms with Crippen LogP contribution in [0.3, 0.4) is 0 Å². The zero-order valence-corrected chi connectivity index (χ0v) is 14.6. The van der Waals surface area contributed by atoms with Crippen LogP contribution in [0.4, 0.5) is 0 Å². The summed E-state index contributed by atoms with van der Waals surface area (Å²) in [6, 6.07) is 11.7. The van der Waals surface area contributed by atoms with E-state index in [1.54, 1.807) is 23.4 Å². The SMILES string of the molecule is Cc1nc(-c2ncccn2)sc1C(=O)N(C)C(C)c1ccccc1. The Morgan fingerprint density at radius 1 is 1.12 bits per heavy atom. The number of nitrogens with zero attached hydrogens (tertiary/aromatic N) is 4. The van der Waals surface area contributed by atoms with Crippen molar-refractivity contribution in [3.63, 3.8) is 0 Å². The van der Waals surface area contributed by atoms with Crippen LogP contribution in [0.5, 0.6) is 0 Å². The smallest absolute Gasteiger partial charge is 0.266 e. The molecular weight excluding hydrogens is 320 g/mol. The topological polar surface area (TPSA) is 59.0 Å². The lowest BCUT2D eigenvalue weighted by Crippen LogP contribution is -2.29. The largest absolute Gasteiger partial charge is 0.334 e. The van der Waals surface area contributed by atoms with Crippen LogP contribution in [0.1, 0.15) is 33.9 Å². The molecule has 5 nitrogen and oxygen atoms in total. The van der Waals surface area contributed by atoms with E-state index in [4.69, 9.17) is 0 Å². The molecule has 0 aliphatic heterocycles. The molecule has 1 amide bonds. The fourth-order valence-electron chi connectivity index (χ4n) is 2.39. The predicted molar refractivity (Wildman–Crippen MR) is 94.8 cm³/mol. The van der Waals surface area contributed by atoms with Gasteiger partial charge in [-0.25, -0.2) is 15.0 Å². The molecule has 0 saturated carbocycles. The Hall–Kier alpha value is -2.60. The zero-order valence-electron chi connectivity index (χ0n) is 13.8. The molecule has 3 rings (SSSR count). The van der Waals surface area contributed by atoms with Gasteiger partial charge < -0.3 is 4.90 Å². The standard InChI is InChI=1S/C18H18N4OS/c1-12-15(24-17(21-12)16-19-10-7-11-20-16)18(23)22(3)13(2)14-8-5-4-6-9-14/h4-11,13H,1-3H3. The summed E-state index contributed by atoms with van der Waals surface area (Å²) in [5.74, 6) is 0.506. The molecule has 1 aromatic carbocycles. The molecule has 6 heteroatoms. The Balaban J connectivity index is 1.86. The molecule has 0 radical (unpaired) electrons. The molecule has 2 aromatic heterocycles. The third-order valence-electron chi connectivity index (χ3n) is 3.93. The second kappa shape index (κ2) is 6.88. The van der Waals surface area contributed by atoms with Gasteiger partial charge in [-0.3, -0.25) is 4.79 Å². The molecule has 0 fully saturated rings. The highest BCUT2D eigenvalue weighted by Gasteiger charge is 2.24. The van der Waals surface area contributed by atoms with Gasteiger partial charge in [-0.2, -0.15) is 0 Å². The highest BCUT2D eigenvalue weighted by Crippen LogP contribution is 2.28. The van der Waals surface area contributed by atoms with E-state index >= 15 is 0 Å². The second-order valence-corrected chi connectivity index (χ2v) is 6.51. The molecule has 0 bridgehead atoms. The number of carbonyl (C=O) groups excluding carboxylic acids is 1. The average molecular weight is 338 g/mol. The molecule has 0 spiro atoms. The number of carbonyl (C=O) groups is 1. The van der Waals surface area contributed by atoms with E-state index in [-0.39, 0.29) is 11.9 Å². The normalized spacial score (nSPS) is 12.0. The summed E-state index contributed by atoms with van der Waals surface area (Å²) in [4.78, 5) is 28.1. The number of amides is 1.